The predicted molar refractivity (Wildman–Crippen MR) is 77.0 cm³/mol. The summed E-state index contributed by atoms with van der Waals surface area (Å²) >= 11 is 0. The highest BCUT2D eigenvalue weighted by atomic mass is 16.4. The van der Waals surface area contributed by atoms with Gasteiger partial charge in [-0.05, 0) is 38.0 Å². The quantitative estimate of drug-likeness (QED) is 0.883. The Bertz CT molecular complexity index is 694. The Morgan fingerprint density at radius 2 is 2.24 bits per heavy atom. The number of fused-ring (bicyclic) bond motifs is 1. The van der Waals surface area contributed by atoms with Gasteiger partial charge in [0.05, 0.1) is 17.6 Å². The van der Waals surface area contributed by atoms with Gasteiger partial charge in [0.15, 0.2) is 0 Å². The molecule has 0 bridgehead atoms. The number of amides is 1. The molecule has 1 aliphatic rings. The number of benzene rings is 1. The Kier molecular flexibility index (Phi) is 3.37. The highest BCUT2D eigenvalue weighted by molar-refractivity contribution is 5.98. The van der Waals surface area contributed by atoms with Gasteiger partial charge in [-0.25, -0.2) is 0 Å². The standard InChI is InChI=1S/C15H17N3O3/c1-9-6-11(15(20)21)4-5-18(9)14(19)10-2-3-13-12(7-10)8-16-17-13/h2-3,7-9,11H,4-6H2,1H3,(H,16,17)(H,20,21). The van der Waals surface area contributed by atoms with Crippen molar-refractivity contribution in [3.8, 4) is 0 Å². The zero-order chi connectivity index (χ0) is 15.0. The first-order valence-corrected chi connectivity index (χ1v) is 7.03. The number of aliphatic carboxylic acids is 1. The van der Waals surface area contributed by atoms with E-state index in [1.165, 1.54) is 0 Å². The maximum atomic E-state index is 12.6. The van der Waals surface area contributed by atoms with Crippen molar-refractivity contribution in [1.82, 2.24) is 15.1 Å². The molecule has 1 fully saturated rings. The number of nitrogens with zero attached hydrogens (tertiary/aromatic N) is 2. The molecule has 0 radical (unpaired) electrons. The molecule has 110 valence electrons. The van der Waals surface area contributed by atoms with Crippen molar-refractivity contribution in [2.75, 3.05) is 6.54 Å². The van der Waals surface area contributed by atoms with E-state index in [0.29, 0.717) is 24.9 Å². The van der Waals surface area contributed by atoms with E-state index in [4.69, 9.17) is 5.11 Å². The number of carboxylic acids is 1. The first kappa shape index (κ1) is 13.6. The van der Waals surface area contributed by atoms with Gasteiger partial charge in [0, 0.05) is 23.5 Å². The maximum Gasteiger partial charge on any atom is 0.306 e. The van der Waals surface area contributed by atoms with E-state index in [1.807, 2.05) is 19.1 Å². The lowest BCUT2D eigenvalue weighted by Crippen LogP contribution is -2.46. The summed E-state index contributed by atoms with van der Waals surface area (Å²) < 4.78 is 0. The second kappa shape index (κ2) is 5.20. The molecule has 21 heavy (non-hydrogen) atoms. The van der Waals surface area contributed by atoms with Crippen LogP contribution in [0.4, 0.5) is 0 Å². The SMILES string of the molecule is CC1CC(C(=O)O)CCN1C(=O)c1ccc2[nH]ncc2c1. The topological polar surface area (TPSA) is 86.3 Å². The zero-order valence-electron chi connectivity index (χ0n) is 11.7. The fourth-order valence-electron chi connectivity index (χ4n) is 2.94. The Morgan fingerprint density at radius 1 is 1.43 bits per heavy atom. The van der Waals surface area contributed by atoms with Gasteiger partial charge < -0.3 is 10.0 Å². The molecule has 6 heteroatoms. The number of rotatable bonds is 2. The average molecular weight is 287 g/mol. The van der Waals surface area contributed by atoms with Crippen molar-refractivity contribution in [2.45, 2.75) is 25.8 Å². The van der Waals surface area contributed by atoms with Crippen LogP contribution >= 0.6 is 0 Å². The van der Waals surface area contributed by atoms with E-state index in [-0.39, 0.29) is 17.9 Å². The molecule has 0 saturated carbocycles. The number of aromatic amines is 1. The second-order valence-electron chi connectivity index (χ2n) is 5.58. The van der Waals surface area contributed by atoms with Gasteiger partial charge in [-0.2, -0.15) is 5.10 Å². The molecule has 1 aromatic heterocycles. The summed E-state index contributed by atoms with van der Waals surface area (Å²) in [5.41, 5.74) is 1.51. The number of hydrogen-bond acceptors (Lipinski definition) is 3. The molecule has 3 rings (SSSR count). The average Bonchev–Trinajstić information content (AvgIpc) is 2.93. The number of aromatic nitrogens is 2. The van der Waals surface area contributed by atoms with Crippen LogP contribution in [0.3, 0.4) is 0 Å². The third-order valence-corrected chi connectivity index (χ3v) is 4.17. The van der Waals surface area contributed by atoms with Crippen molar-refractivity contribution >= 4 is 22.8 Å². The third kappa shape index (κ3) is 2.49. The molecule has 6 nitrogen and oxygen atoms in total. The van der Waals surface area contributed by atoms with Crippen LogP contribution in [0.15, 0.2) is 24.4 Å². The van der Waals surface area contributed by atoms with Gasteiger partial charge in [-0.1, -0.05) is 0 Å². The van der Waals surface area contributed by atoms with Crippen LogP contribution in [-0.4, -0.2) is 44.7 Å². The summed E-state index contributed by atoms with van der Waals surface area (Å²) in [5, 5.41) is 16.8. The van der Waals surface area contributed by atoms with Gasteiger partial charge in [-0.3, -0.25) is 14.7 Å². The van der Waals surface area contributed by atoms with E-state index >= 15 is 0 Å². The van der Waals surface area contributed by atoms with E-state index in [1.54, 1.807) is 17.2 Å². The monoisotopic (exact) mass is 287 g/mol. The number of H-pyrrole nitrogens is 1. The Morgan fingerprint density at radius 3 is 2.95 bits per heavy atom. The van der Waals surface area contributed by atoms with Crippen molar-refractivity contribution in [2.24, 2.45) is 5.92 Å². The first-order chi connectivity index (χ1) is 10.1. The molecule has 2 heterocycles. The highest BCUT2D eigenvalue weighted by Crippen LogP contribution is 2.25. The molecule has 2 N–H and O–H groups in total. The van der Waals surface area contributed by atoms with E-state index in [2.05, 4.69) is 10.2 Å². The number of hydrogen-bond donors (Lipinski definition) is 2. The molecule has 0 aliphatic carbocycles. The van der Waals surface area contributed by atoms with Crippen molar-refractivity contribution in [1.29, 1.82) is 0 Å². The molecule has 0 spiro atoms. The Labute approximate surface area is 121 Å². The summed E-state index contributed by atoms with van der Waals surface area (Å²) in [5.74, 6) is -1.16. The molecule has 1 aromatic carbocycles. The van der Waals surface area contributed by atoms with Gasteiger partial charge in [0.25, 0.3) is 5.91 Å². The molecule has 1 saturated heterocycles. The largest absolute Gasteiger partial charge is 0.481 e. The van der Waals surface area contributed by atoms with Crippen LogP contribution in [0.2, 0.25) is 0 Å². The van der Waals surface area contributed by atoms with E-state index in [9.17, 15) is 9.59 Å². The van der Waals surface area contributed by atoms with Crippen LogP contribution in [0, 0.1) is 5.92 Å². The zero-order valence-corrected chi connectivity index (χ0v) is 11.7. The molecule has 1 aliphatic heterocycles. The van der Waals surface area contributed by atoms with Gasteiger partial charge in [0.1, 0.15) is 0 Å². The molecule has 1 amide bonds. The third-order valence-electron chi connectivity index (χ3n) is 4.17. The molecule has 2 unspecified atom stereocenters. The van der Waals surface area contributed by atoms with Crippen molar-refractivity contribution in [3.63, 3.8) is 0 Å². The minimum Gasteiger partial charge on any atom is -0.481 e. The minimum absolute atomic E-state index is 0.0468. The summed E-state index contributed by atoms with van der Waals surface area (Å²) in [4.78, 5) is 25.4. The Hall–Kier alpha value is -2.37. The summed E-state index contributed by atoms with van der Waals surface area (Å²) in [7, 11) is 0. The van der Waals surface area contributed by atoms with Crippen LogP contribution in [0.25, 0.3) is 10.9 Å². The summed E-state index contributed by atoms with van der Waals surface area (Å²) in [6.07, 6.45) is 2.71. The number of likely N-dealkylation sites (tertiary alicyclic amines) is 1. The molecular weight excluding hydrogens is 270 g/mol. The lowest BCUT2D eigenvalue weighted by Gasteiger charge is -2.36. The maximum absolute atomic E-state index is 12.6. The van der Waals surface area contributed by atoms with Crippen LogP contribution in [-0.2, 0) is 4.79 Å². The first-order valence-electron chi connectivity index (χ1n) is 7.03. The Balaban J connectivity index is 1.80. The fourth-order valence-corrected chi connectivity index (χ4v) is 2.94. The van der Waals surface area contributed by atoms with Gasteiger partial charge in [0.2, 0.25) is 0 Å². The summed E-state index contributed by atoms with van der Waals surface area (Å²) in [6.45, 7) is 2.39. The van der Waals surface area contributed by atoms with Crippen molar-refractivity contribution in [3.05, 3.63) is 30.0 Å². The minimum atomic E-state index is -0.770. The number of piperidine rings is 1. The molecule has 2 atom stereocenters. The normalized spacial score (nSPS) is 22.4. The molecular formula is C15H17N3O3. The van der Waals surface area contributed by atoms with Crippen LogP contribution < -0.4 is 0 Å². The number of carbonyl (C=O) groups is 2. The number of carboxylic acid groups (broad SMARTS) is 1. The lowest BCUT2D eigenvalue weighted by molar-refractivity contribution is -0.143. The smallest absolute Gasteiger partial charge is 0.306 e. The van der Waals surface area contributed by atoms with E-state index < -0.39 is 5.97 Å². The second-order valence-corrected chi connectivity index (χ2v) is 5.58. The number of carbonyl (C=O) groups excluding carboxylic acids is 1. The van der Waals surface area contributed by atoms with Crippen molar-refractivity contribution < 1.29 is 14.7 Å². The lowest BCUT2D eigenvalue weighted by atomic mass is 9.91. The van der Waals surface area contributed by atoms with Gasteiger partial charge in [-0.15, -0.1) is 0 Å². The fraction of sp³-hybridized carbons (Fsp3) is 0.400. The number of nitrogens with one attached hydrogen (secondary N) is 1. The van der Waals surface area contributed by atoms with Crippen LogP contribution in [0.5, 0.6) is 0 Å². The molecule has 2 aromatic rings. The van der Waals surface area contributed by atoms with Gasteiger partial charge >= 0.3 is 5.97 Å². The predicted octanol–water partition coefficient (Wildman–Crippen LogP) is 1.89. The highest BCUT2D eigenvalue weighted by Gasteiger charge is 2.32. The van der Waals surface area contributed by atoms with Crippen LogP contribution in [0.1, 0.15) is 30.1 Å². The van der Waals surface area contributed by atoms with E-state index in [0.717, 1.165) is 10.9 Å². The summed E-state index contributed by atoms with van der Waals surface area (Å²) in [6, 6.07) is 5.37.